The molecule has 1 aliphatic rings. The first-order valence-corrected chi connectivity index (χ1v) is 27.3. The van der Waals surface area contributed by atoms with Crippen LogP contribution in [0.1, 0.15) is 99.0 Å². The van der Waals surface area contributed by atoms with Crippen LogP contribution >= 0.6 is 27.3 Å². The standard InChI is InChI=1S/C45H44N4O6S.C18H19BrO3/c1-28-32(11-9-14-37(28)54-27-30-18-16-29(17-19-30)20-23-40(50)53-5)33-21-22-39(47-41(33)43(52)55-45(2,3)4)49-25-24-31-10-8-12-34(35(31)26-49)42(51)48-44-46-36-13-6-7-15-38(36)56-44;1-13-16(19)4-3-5-17(13)22-12-15-8-6-14(7-9-15)10-11-18(20)21-2/h6-19,21-22H,20,23-27H2,1-5H3,(H,46,48,51);3-9H,10-12H2,1-2H3. The first-order valence-electron chi connectivity index (χ1n) is 25.7. The number of ether oxygens (including phenoxy) is 5. The largest absolute Gasteiger partial charge is 0.489 e. The molecule has 0 radical (unpaired) electrons. The molecule has 13 nitrogen and oxygen atoms in total. The number of aromatic nitrogens is 2. The van der Waals surface area contributed by atoms with E-state index in [0.29, 0.717) is 86.2 Å². The molecule has 0 bridgehead atoms. The third kappa shape index (κ3) is 14.8. The van der Waals surface area contributed by atoms with Crippen LogP contribution in [0, 0.1) is 13.8 Å². The predicted octanol–water partition coefficient (Wildman–Crippen LogP) is 13.6. The Hall–Kier alpha value is -7.88. The number of aryl methyl sites for hydroxylation is 2. The summed E-state index contributed by atoms with van der Waals surface area (Å²) in [5.74, 6) is 1.01. The Labute approximate surface area is 468 Å². The van der Waals surface area contributed by atoms with Gasteiger partial charge in [-0.05, 0) is 147 Å². The minimum absolute atomic E-state index is 0.183. The number of fused-ring (bicyclic) bond motifs is 2. The van der Waals surface area contributed by atoms with Crippen molar-refractivity contribution in [3.05, 3.63) is 200 Å². The molecule has 3 heterocycles. The van der Waals surface area contributed by atoms with Crippen molar-refractivity contribution in [2.45, 2.75) is 92.1 Å². The van der Waals surface area contributed by atoms with Gasteiger partial charge in [0.1, 0.15) is 36.1 Å². The second-order valence-corrected chi connectivity index (χ2v) is 21.7. The van der Waals surface area contributed by atoms with Gasteiger partial charge >= 0.3 is 17.9 Å². The zero-order valence-corrected chi connectivity index (χ0v) is 47.3. The molecule has 1 amide bonds. The lowest BCUT2D eigenvalue weighted by atomic mass is 9.94. The van der Waals surface area contributed by atoms with Crippen LogP contribution < -0.4 is 19.7 Å². The maximum absolute atomic E-state index is 13.9. The summed E-state index contributed by atoms with van der Waals surface area (Å²) >= 11 is 4.94. The summed E-state index contributed by atoms with van der Waals surface area (Å²) in [5, 5.41) is 3.56. The number of para-hydroxylation sites is 1. The number of carbonyl (C=O) groups excluding carboxylic acids is 4. The molecular formula is C63H63BrN4O9S. The van der Waals surface area contributed by atoms with E-state index < -0.39 is 11.6 Å². The summed E-state index contributed by atoms with van der Waals surface area (Å²) in [5.41, 5.74) is 10.5. The number of methoxy groups -OCH3 is 2. The maximum Gasteiger partial charge on any atom is 0.358 e. The van der Waals surface area contributed by atoms with Crippen molar-refractivity contribution in [3.8, 4) is 22.6 Å². The number of nitrogens with zero attached hydrogens (tertiary/aromatic N) is 3. The van der Waals surface area contributed by atoms with Crippen LogP contribution in [0.3, 0.4) is 0 Å². The van der Waals surface area contributed by atoms with Crippen molar-refractivity contribution >= 4 is 72.2 Å². The second-order valence-electron chi connectivity index (χ2n) is 19.8. The van der Waals surface area contributed by atoms with E-state index in [4.69, 9.17) is 23.9 Å². The van der Waals surface area contributed by atoms with E-state index in [2.05, 4.69) is 41.9 Å². The molecule has 15 heteroatoms. The number of thiazole rings is 1. The van der Waals surface area contributed by atoms with Crippen LogP contribution in [0.2, 0.25) is 0 Å². The van der Waals surface area contributed by atoms with Gasteiger partial charge in [-0.25, -0.2) is 14.8 Å². The highest BCUT2D eigenvalue weighted by molar-refractivity contribution is 9.10. The highest BCUT2D eigenvalue weighted by atomic mass is 79.9. The molecule has 0 saturated heterocycles. The molecule has 0 spiro atoms. The molecule has 0 fully saturated rings. The Morgan fingerprint density at radius 1 is 0.654 bits per heavy atom. The Kier molecular flexibility index (Phi) is 18.8. The third-order valence-electron chi connectivity index (χ3n) is 13.1. The lowest BCUT2D eigenvalue weighted by Crippen LogP contribution is -2.33. The number of halogens is 1. The van der Waals surface area contributed by atoms with Gasteiger partial charge in [-0.3, -0.25) is 19.7 Å². The van der Waals surface area contributed by atoms with E-state index in [1.165, 1.54) is 25.6 Å². The number of hydrogen-bond donors (Lipinski definition) is 1. The molecule has 2 aromatic heterocycles. The van der Waals surface area contributed by atoms with E-state index >= 15 is 0 Å². The van der Waals surface area contributed by atoms with Gasteiger partial charge in [0.25, 0.3) is 5.91 Å². The van der Waals surface area contributed by atoms with Crippen molar-refractivity contribution in [1.82, 2.24) is 9.97 Å². The summed E-state index contributed by atoms with van der Waals surface area (Å²) in [6.07, 6.45) is 2.74. The topological polar surface area (TPSA) is 155 Å². The van der Waals surface area contributed by atoms with Crippen molar-refractivity contribution in [2.75, 3.05) is 31.0 Å². The fourth-order valence-corrected chi connectivity index (χ4v) is 10.0. The molecule has 0 atom stereocenters. The maximum atomic E-state index is 13.9. The van der Waals surface area contributed by atoms with Gasteiger partial charge in [0.15, 0.2) is 10.8 Å². The quantitative estimate of drug-likeness (QED) is 0.0681. The molecule has 0 saturated carbocycles. The highest BCUT2D eigenvalue weighted by Crippen LogP contribution is 2.36. The van der Waals surface area contributed by atoms with Gasteiger partial charge in [0, 0.05) is 47.1 Å². The summed E-state index contributed by atoms with van der Waals surface area (Å²) in [7, 11) is 2.80. The third-order valence-corrected chi connectivity index (χ3v) is 15.0. The molecule has 8 aromatic rings. The number of pyridine rings is 1. The minimum atomic E-state index is -0.740. The number of nitrogens with one attached hydrogen (secondary N) is 1. The van der Waals surface area contributed by atoms with Gasteiger partial charge in [-0.1, -0.05) is 118 Å². The average Bonchev–Trinajstić information content (AvgIpc) is 3.93. The number of amides is 1. The SMILES string of the molecule is COC(=O)CCc1ccc(COc2cccc(-c3ccc(N4CCc5cccc(C(=O)Nc6nc7ccccc7s6)c5C4)nc3C(=O)OC(C)(C)C)c2C)cc1.COC(=O)CCc1ccc(COc2cccc(Br)c2C)cc1. The Morgan fingerprint density at radius 2 is 1.24 bits per heavy atom. The van der Waals surface area contributed by atoms with Gasteiger partial charge in [-0.15, -0.1) is 0 Å². The van der Waals surface area contributed by atoms with Crippen molar-refractivity contribution < 1.29 is 42.9 Å². The second kappa shape index (κ2) is 26.0. The van der Waals surface area contributed by atoms with Gasteiger partial charge in [0.2, 0.25) is 0 Å². The van der Waals surface area contributed by atoms with Gasteiger partial charge in [0.05, 0.1) is 24.4 Å². The fourth-order valence-electron chi connectivity index (χ4n) is 8.83. The van der Waals surface area contributed by atoms with E-state index in [-0.39, 0.29) is 23.5 Å². The molecular weight excluding hydrogens is 1070 g/mol. The molecule has 9 rings (SSSR count). The summed E-state index contributed by atoms with van der Waals surface area (Å²) in [4.78, 5) is 61.9. The number of anilines is 2. The Morgan fingerprint density at radius 3 is 1.86 bits per heavy atom. The first-order chi connectivity index (χ1) is 37.5. The molecule has 402 valence electrons. The fraction of sp³-hybridized carbons (Fsp3) is 0.270. The molecule has 0 aliphatic carbocycles. The normalized spacial score (nSPS) is 11.9. The molecule has 1 N–H and O–H groups in total. The predicted molar refractivity (Wildman–Crippen MR) is 309 cm³/mol. The smallest absolute Gasteiger partial charge is 0.358 e. The lowest BCUT2D eigenvalue weighted by Gasteiger charge is -2.31. The van der Waals surface area contributed by atoms with Crippen LogP contribution in [0.5, 0.6) is 11.5 Å². The highest BCUT2D eigenvalue weighted by Gasteiger charge is 2.28. The van der Waals surface area contributed by atoms with Crippen LogP contribution in [0.25, 0.3) is 21.3 Å². The molecule has 78 heavy (non-hydrogen) atoms. The van der Waals surface area contributed by atoms with Crippen LogP contribution in [-0.2, 0) is 62.8 Å². The van der Waals surface area contributed by atoms with E-state index in [1.54, 1.807) is 0 Å². The van der Waals surface area contributed by atoms with Gasteiger partial charge < -0.3 is 28.6 Å². The van der Waals surface area contributed by atoms with E-state index in [9.17, 15) is 19.2 Å². The molecule has 1 aliphatic heterocycles. The Balaban J connectivity index is 0.000000305. The van der Waals surface area contributed by atoms with E-state index in [0.717, 1.165) is 70.5 Å². The zero-order chi connectivity index (χ0) is 55.3. The van der Waals surface area contributed by atoms with E-state index in [1.807, 2.05) is 168 Å². The number of esters is 3. The van der Waals surface area contributed by atoms with Crippen molar-refractivity contribution in [1.29, 1.82) is 0 Å². The number of benzene rings is 6. The monoisotopic (exact) mass is 1130 g/mol. The number of rotatable bonds is 17. The molecule has 0 unspecified atom stereocenters. The van der Waals surface area contributed by atoms with Crippen LogP contribution in [0.15, 0.2) is 144 Å². The summed E-state index contributed by atoms with van der Waals surface area (Å²) < 4.78 is 29.5. The van der Waals surface area contributed by atoms with Crippen molar-refractivity contribution in [2.24, 2.45) is 0 Å². The van der Waals surface area contributed by atoms with Gasteiger partial charge in [-0.2, -0.15) is 0 Å². The molecule has 6 aromatic carbocycles. The summed E-state index contributed by atoms with van der Waals surface area (Å²) in [6, 6.07) is 45.2. The summed E-state index contributed by atoms with van der Waals surface area (Å²) in [6.45, 7) is 11.5. The first kappa shape index (κ1) is 56.3. The van der Waals surface area contributed by atoms with Crippen molar-refractivity contribution in [3.63, 3.8) is 0 Å². The van der Waals surface area contributed by atoms with Crippen LogP contribution in [0.4, 0.5) is 10.9 Å². The zero-order valence-electron chi connectivity index (χ0n) is 44.9. The lowest BCUT2D eigenvalue weighted by molar-refractivity contribution is -0.141. The number of hydrogen-bond acceptors (Lipinski definition) is 13. The van der Waals surface area contributed by atoms with Crippen LogP contribution in [-0.4, -0.2) is 60.1 Å². The number of carbonyl (C=O) groups is 4. The average molecular weight is 1130 g/mol. The minimum Gasteiger partial charge on any atom is -0.489 e. The Bertz CT molecular complexity index is 3390.